The highest BCUT2D eigenvalue weighted by Gasteiger charge is 2.14. The van der Waals surface area contributed by atoms with E-state index in [2.05, 4.69) is 16.5 Å². The summed E-state index contributed by atoms with van der Waals surface area (Å²) in [6, 6.07) is 19.7. The predicted molar refractivity (Wildman–Crippen MR) is 119 cm³/mol. The summed E-state index contributed by atoms with van der Waals surface area (Å²) in [4.78, 5) is 12.3. The van der Waals surface area contributed by atoms with Crippen molar-refractivity contribution in [1.29, 1.82) is 0 Å². The van der Waals surface area contributed by atoms with Gasteiger partial charge in [0.25, 0.3) is 0 Å². The molecule has 0 amide bonds. The smallest absolute Gasteiger partial charge is 0.368 e. The van der Waals surface area contributed by atoms with Gasteiger partial charge in [-0.15, -0.1) is 0 Å². The molecule has 3 aromatic carbocycles. The topological polar surface area (TPSA) is 71.2 Å². The highest BCUT2D eigenvalue weighted by molar-refractivity contribution is 5.71. The summed E-state index contributed by atoms with van der Waals surface area (Å²) >= 11 is 0. The van der Waals surface area contributed by atoms with Crippen LogP contribution in [0, 0.1) is 13.8 Å². The van der Waals surface area contributed by atoms with Gasteiger partial charge in [0.05, 0.1) is 12.8 Å². The summed E-state index contributed by atoms with van der Waals surface area (Å²) in [7, 11) is 3.25. The van der Waals surface area contributed by atoms with Crippen molar-refractivity contribution in [2.45, 2.75) is 20.5 Å². The maximum atomic E-state index is 12.3. The Morgan fingerprint density at radius 1 is 0.903 bits per heavy atom. The Kier molecular flexibility index (Phi) is 5.58. The van der Waals surface area contributed by atoms with E-state index in [4.69, 9.17) is 9.47 Å². The second-order valence-corrected chi connectivity index (χ2v) is 7.34. The summed E-state index contributed by atoms with van der Waals surface area (Å²) < 4.78 is 14.1. The van der Waals surface area contributed by atoms with E-state index in [0.29, 0.717) is 12.3 Å². The van der Waals surface area contributed by atoms with Crippen LogP contribution >= 0.6 is 0 Å². The average molecular weight is 416 g/mol. The number of hydrogen-bond donors (Lipinski definition) is 0. The third-order valence-corrected chi connectivity index (χ3v) is 5.30. The number of para-hydroxylation sites is 1. The second-order valence-electron chi connectivity index (χ2n) is 7.34. The van der Waals surface area contributed by atoms with Gasteiger partial charge in [0.15, 0.2) is 0 Å². The molecule has 0 N–H and O–H groups in total. The van der Waals surface area contributed by atoms with Gasteiger partial charge in [-0.2, -0.15) is 9.36 Å². The SMILES string of the molecule is COc1ccccc1-c1ccc(OCc2c(C)cccc2-n2nnn(C)c2=O)c(C)c1. The van der Waals surface area contributed by atoms with Crippen LogP contribution in [0.2, 0.25) is 0 Å². The molecule has 0 aliphatic heterocycles. The third kappa shape index (κ3) is 3.94. The summed E-state index contributed by atoms with van der Waals surface area (Å²) in [6.07, 6.45) is 0. The molecule has 0 spiro atoms. The number of ether oxygens (including phenoxy) is 2. The zero-order valence-corrected chi connectivity index (χ0v) is 18.0. The van der Waals surface area contributed by atoms with Crippen LogP contribution in [0.15, 0.2) is 65.5 Å². The van der Waals surface area contributed by atoms with E-state index < -0.39 is 0 Å². The minimum atomic E-state index is -0.302. The number of aromatic nitrogens is 4. The lowest BCUT2D eigenvalue weighted by Crippen LogP contribution is -2.23. The molecule has 0 aliphatic carbocycles. The van der Waals surface area contributed by atoms with E-state index in [1.807, 2.05) is 68.4 Å². The normalized spacial score (nSPS) is 10.8. The third-order valence-electron chi connectivity index (χ3n) is 5.30. The zero-order chi connectivity index (χ0) is 22.0. The number of hydrogen-bond acceptors (Lipinski definition) is 5. The first-order valence-electron chi connectivity index (χ1n) is 9.94. The Morgan fingerprint density at radius 3 is 2.42 bits per heavy atom. The molecule has 0 fully saturated rings. The van der Waals surface area contributed by atoms with Crippen molar-refractivity contribution < 1.29 is 9.47 Å². The zero-order valence-electron chi connectivity index (χ0n) is 18.0. The van der Waals surface area contributed by atoms with Crippen molar-refractivity contribution >= 4 is 0 Å². The molecule has 4 rings (SSSR count). The van der Waals surface area contributed by atoms with Crippen molar-refractivity contribution in [3.05, 3.63) is 87.8 Å². The van der Waals surface area contributed by atoms with E-state index in [1.165, 1.54) is 9.36 Å². The Balaban J connectivity index is 1.62. The maximum Gasteiger partial charge on any atom is 0.368 e. The molecule has 7 nitrogen and oxygen atoms in total. The largest absolute Gasteiger partial charge is 0.496 e. The molecule has 158 valence electrons. The first-order valence-corrected chi connectivity index (χ1v) is 9.94. The summed E-state index contributed by atoms with van der Waals surface area (Å²) in [5, 5.41) is 7.79. The molecule has 0 aliphatic rings. The lowest BCUT2D eigenvalue weighted by atomic mass is 10.0. The van der Waals surface area contributed by atoms with Gasteiger partial charge in [-0.05, 0) is 65.2 Å². The molecule has 0 unspecified atom stereocenters. The number of rotatable bonds is 6. The van der Waals surface area contributed by atoms with Crippen LogP contribution in [0.25, 0.3) is 16.8 Å². The van der Waals surface area contributed by atoms with Crippen LogP contribution in [0.3, 0.4) is 0 Å². The minimum absolute atomic E-state index is 0.302. The van der Waals surface area contributed by atoms with E-state index in [-0.39, 0.29) is 5.69 Å². The van der Waals surface area contributed by atoms with Gasteiger partial charge in [0, 0.05) is 18.2 Å². The van der Waals surface area contributed by atoms with Gasteiger partial charge < -0.3 is 9.47 Å². The average Bonchev–Trinajstić information content (AvgIpc) is 3.11. The number of tetrazole rings is 1. The van der Waals surface area contributed by atoms with Crippen LogP contribution in [-0.2, 0) is 13.7 Å². The van der Waals surface area contributed by atoms with Crippen LogP contribution in [0.5, 0.6) is 11.5 Å². The standard InChI is InChI=1S/C24H24N4O3/c1-16-8-7-10-21(28-24(29)27(3)25-26-28)20(16)15-31-22-13-12-18(14-17(22)2)19-9-5-6-11-23(19)30-4/h5-14H,15H2,1-4H3. The van der Waals surface area contributed by atoms with Gasteiger partial charge in [0.1, 0.15) is 18.1 Å². The maximum absolute atomic E-state index is 12.3. The summed E-state index contributed by atoms with van der Waals surface area (Å²) in [6.45, 7) is 4.31. The Bertz CT molecular complexity index is 1290. The van der Waals surface area contributed by atoms with Gasteiger partial charge in [-0.3, -0.25) is 0 Å². The Labute approximate surface area is 180 Å². The van der Waals surface area contributed by atoms with Crippen LogP contribution < -0.4 is 15.2 Å². The fourth-order valence-corrected chi connectivity index (χ4v) is 3.55. The highest BCUT2D eigenvalue weighted by atomic mass is 16.5. The molecule has 31 heavy (non-hydrogen) atoms. The van der Waals surface area contributed by atoms with E-state index in [9.17, 15) is 4.79 Å². The minimum Gasteiger partial charge on any atom is -0.496 e. The van der Waals surface area contributed by atoms with Crippen molar-refractivity contribution in [2.24, 2.45) is 7.05 Å². The van der Waals surface area contributed by atoms with Crippen LogP contribution in [0.4, 0.5) is 0 Å². The number of nitrogens with zero attached hydrogens (tertiary/aromatic N) is 4. The van der Waals surface area contributed by atoms with Gasteiger partial charge in [-0.25, -0.2) is 4.79 Å². The molecule has 0 bridgehead atoms. The summed E-state index contributed by atoms with van der Waals surface area (Å²) in [5.41, 5.74) is 5.37. The molecular formula is C24H24N4O3. The van der Waals surface area contributed by atoms with Crippen molar-refractivity contribution in [3.63, 3.8) is 0 Å². The van der Waals surface area contributed by atoms with Crippen molar-refractivity contribution in [1.82, 2.24) is 19.8 Å². The second kappa shape index (κ2) is 8.47. The number of methoxy groups -OCH3 is 1. The fourth-order valence-electron chi connectivity index (χ4n) is 3.55. The van der Waals surface area contributed by atoms with Crippen molar-refractivity contribution in [2.75, 3.05) is 7.11 Å². The van der Waals surface area contributed by atoms with Crippen LogP contribution in [0.1, 0.15) is 16.7 Å². The van der Waals surface area contributed by atoms with Gasteiger partial charge in [-0.1, -0.05) is 36.4 Å². The molecular weight excluding hydrogens is 392 g/mol. The van der Waals surface area contributed by atoms with Crippen LogP contribution in [-0.4, -0.2) is 26.9 Å². The lowest BCUT2D eigenvalue weighted by molar-refractivity contribution is 0.302. The van der Waals surface area contributed by atoms with Crippen molar-refractivity contribution in [3.8, 4) is 28.3 Å². The van der Waals surface area contributed by atoms with E-state index >= 15 is 0 Å². The molecule has 0 atom stereocenters. The monoisotopic (exact) mass is 416 g/mol. The number of benzene rings is 3. The molecule has 7 heteroatoms. The van der Waals surface area contributed by atoms with Gasteiger partial charge in [0.2, 0.25) is 0 Å². The molecule has 4 aromatic rings. The quantitative estimate of drug-likeness (QED) is 0.478. The Morgan fingerprint density at radius 2 is 1.71 bits per heavy atom. The molecule has 1 aromatic heterocycles. The lowest BCUT2D eigenvalue weighted by Gasteiger charge is -2.15. The van der Waals surface area contributed by atoms with E-state index in [0.717, 1.165) is 39.3 Å². The molecule has 1 heterocycles. The summed E-state index contributed by atoms with van der Waals surface area (Å²) in [5.74, 6) is 1.61. The van der Waals surface area contributed by atoms with E-state index in [1.54, 1.807) is 14.2 Å². The predicted octanol–water partition coefficient (Wildman–Crippen LogP) is 3.84. The molecule has 0 saturated heterocycles. The fraction of sp³-hybridized carbons (Fsp3) is 0.208. The molecule has 0 saturated carbocycles. The molecule has 0 radical (unpaired) electrons. The Hall–Kier alpha value is -3.87. The van der Waals surface area contributed by atoms with Gasteiger partial charge >= 0.3 is 5.69 Å². The number of aryl methyl sites for hydroxylation is 3. The highest BCUT2D eigenvalue weighted by Crippen LogP contribution is 2.33. The first-order chi connectivity index (χ1) is 15.0. The first kappa shape index (κ1) is 20.4.